The van der Waals surface area contributed by atoms with Crippen molar-refractivity contribution >= 4 is 22.8 Å². The lowest BCUT2D eigenvalue weighted by Crippen LogP contribution is -2.37. The molecular formula is C18H26N4O3. The van der Waals surface area contributed by atoms with Crippen molar-refractivity contribution in [3.05, 3.63) is 34.7 Å². The fourth-order valence-corrected chi connectivity index (χ4v) is 2.74. The maximum atomic E-state index is 12.6. The molecular weight excluding hydrogens is 320 g/mol. The number of nitrogens with one attached hydrogen (secondary N) is 2. The van der Waals surface area contributed by atoms with E-state index >= 15 is 0 Å². The molecule has 0 aliphatic rings. The fraction of sp³-hybridized carbons (Fsp3) is 0.500. The van der Waals surface area contributed by atoms with Gasteiger partial charge in [0.05, 0.1) is 17.6 Å². The molecule has 0 atom stereocenters. The zero-order valence-electron chi connectivity index (χ0n) is 14.9. The quantitative estimate of drug-likeness (QED) is 0.716. The second-order valence-corrected chi connectivity index (χ2v) is 5.95. The number of amides is 2. The zero-order chi connectivity index (χ0) is 18.2. The molecule has 7 heteroatoms. The van der Waals surface area contributed by atoms with Crippen molar-refractivity contribution in [2.45, 2.75) is 46.2 Å². The number of aromatic nitrogens is 2. The largest absolute Gasteiger partial charge is 0.355 e. The van der Waals surface area contributed by atoms with Crippen LogP contribution in [0, 0.1) is 0 Å². The molecule has 1 aromatic carbocycles. The molecule has 1 aromatic heterocycles. The Hall–Kier alpha value is -2.57. The number of imidazole rings is 1. The van der Waals surface area contributed by atoms with E-state index in [4.69, 9.17) is 0 Å². The first-order chi connectivity index (χ1) is 12.1. The average molecular weight is 346 g/mol. The van der Waals surface area contributed by atoms with Gasteiger partial charge in [0.1, 0.15) is 0 Å². The summed E-state index contributed by atoms with van der Waals surface area (Å²) >= 11 is 0. The highest BCUT2D eigenvalue weighted by Gasteiger charge is 2.13. The summed E-state index contributed by atoms with van der Waals surface area (Å²) in [4.78, 5) is 36.1. The Bertz CT molecular complexity index is 791. The van der Waals surface area contributed by atoms with E-state index in [0.717, 1.165) is 23.9 Å². The standard InChI is InChI=1S/C18H26N4O3/c1-3-10-19-17(24)13-20-16(23)9-12-22-15-8-6-5-7-14(15)21(11-4-2)18(22)25/h5-8H,3-4,9-13H2,1-2H3,(H,19,24)(H,20,23). The summed E-state index contributed by atoms with van der Waals surface area (Å²) in [6.07, 6.45) is 1.87. The lowest BCUT2D eigenvalue weighted by molar-refractivity contribution is -0.126. The molecule has 1 heterocycles. The molecule has 136 valence electrons. The van der Waals surface area contributed by atoms with Crippen LogP contribution in [-0.2, 0) is 22.7 Å². The highest BCUT2D eigenvalue weighted by Crippen LogP contribution is 2.13. The smallest absolute Gasteiger partial charge is 0.329 e. The number of nitrogens with zero attached hydrogens (tertiary/aromatic N) is 2. The van der Waals surface area contributed by atoms with Gasteiger partial charge in [-0.15, -0.1) is 0 Å². The predicted octanol–water partition coefficient (Wildman–Crippen LogP) is 1.25. The summed E-state index contributed by atoms with van der Waals surface area (Å²) in [5, 5.41) is 5.29. The normalized spacial score (nSPS) is 10.8. The van der Waals surface area contributed by atoms with Crippen LogP contribution >= 0.6 is 0 Å². The minimum atomic E-state index is -0.245. The molecule has 0 unspecified atom stereocenters. The molecule has 0 spiro atoms. The van der Waals surface area contributed by atoms with Crippen LogP contribution in [0.25, 0.3) is 11.0 Å². The maximum Gasteiger partial charge on any atom is 0.329 e. The van der Waals surface area contributed by atoms with Gasteiger partial charge in [-0.1, -0.05) is 26.0 Å². The van der Waals surface area contributed by atoms with E-state index in [1.807, 2.05) is 38.1 Å². The Labute approximate surface area is 147 Å². The van der Waals surface area contributed by atoms with E-state index < -0.39 is 0 Å². The highest BCUT2D eigenvalue weighted by atomic mass is 16.2. The molecule has 2 N–H and O–H groups in total. The van der Waals surface area contributed by atoms with Crippen LogP contribution in [0.3, 0.4) is 0 Å². The molecule has 0 aliphatic heterocycles. The first-order valence-electron chi connectivity index (χ1n) is 8.80. The Morgan fingerprint density at radius 1 is 0.920 bits per heavy atom. The second-order valence-electron chi connectivity index (χ2n) is 5.95. The van der Waals surface area contributed by atoms with Crippen LogP contribution in [0.15, 0.2) is 29.1 Å². The molecule has 0 radical (unpaired) electrons. The summed E-state index contributed by atoms with van der Waals surface area (Å²) in [5.74, 6) is -0.446. The molecule has 25 heavy (non-hydrogen) atoms. The minimum Gasteiger partial charge on any atom is -0.355 e. The lowest BCUT2D eigenvalue weighted by Gasteiger charge is -2.06. The molecule has 7 nitrogen and oxygen atoms in total. The van der Waals surface area contributed by atoms with Gasteiger partial charge in [-0.2, -0.15) is 0 Å². The highest BCUT2D eigenvalue weighted by molar-refractivity contribution is 5.84. The molecule has 2 aromatic rings. The Kier molecular flexibility index (Phi) is 6.80. The first-order valence-corrected chi connectivity index (χ1v) is 8.80. The van der Waals surface area contributed by atoms with Crippen LogP contribution in [0.1, 0.15) is 33.1 Å². The van der Waals surface area contributed by atoms with Crippen molar-refractivity contribution < 1.29 is 9.59 Å². The van der Waals surface area contributed by atoms with Gasteiger partial charge >= 0.3 is 5.69 Å². The van der Waals surface area contributed by atoms with Gasteiger partial charge in [-0.3, -0.25) is 18.7 Å². The molecule has 2 rings (SSSR count). The fourth-order valence-electron chi connectivity index (χ4n) is 2.74. The van der Waals surface area contributed by atoms with Crippen molar-refractivity contribution in [3.63, 3.8) is 0 Å². The van der Waals surface area contributed by atoms with Crippen LogP contribution in [-0.4, -0.2) is 34.0 Å². The van der Waals surface area contributed by atoms with E-state index in [-0.39, 0.29) is 30.5 Å². The number of aryl methyl sites for hydroxylation is 2. The maximum absolute atomic E-state index is 12.6. The van der Waals surface area contributed by atoms with Crippen molar-refractivity contribution in [1.82, 2.24) is 19.8 Å². The van der Waals surface area contributed by atoms with Crippen molar-refractivity contribution in [1.29, 1.82) is 0 Å². The molecule has 0 bridgehead atoms. The van der Waals surface area contributed by atoms with Crippen LogP contribution < -0.4 is 16.3 Å². The van der Waals surface area contributed by atoms with E-state index in [0.29, 0.717) is 19.6 Å². The zero-order valence-corrected chi connectivity index (χ0v) is 14.9. The van der Waals surface area contributed by atoms with Crippen LogP contribution in [0.2, 0.25) is 0 Å². The lowest BCUT2D eigenvalue weighted by atomic mass is 10.3. The minimum absolute atomic E-state index is 0.0364. The summed E-state index contributed by atoms with van der Waals surface area (Å²) in [6, 6.07) is 7.59. The molecule has 0 aliphatic carbocycles. The average Bonchev–Trinajstić information content (AvgIpc) is 2.88. The molecule has 0 saturated carbocycles. The van der Waals surface area contributed by atoms with Crippen molar-refractivity contribution in [2.75, 3.05) is 13.1 Å². The number of benzene rings is 1. The van der Waals surface area contributed by atoms with Gasteiger partial charge in [0, 0.05) is 26.1 Å². The van der Waals surface area contributed by atoms with Gasteiger partial charge < -0.3 is 10.6 Å². The van der Waals surface area contributed by atoms with Gasteiger partial charge in [-0.05, 0) is 25.0 Å². The molecule has 2 amide bonds. The number of para-hydroxylation sites is 2. The van der Waals surface area contributed by atoms with Crippen molar-refractivity contribution in [2.24, 2.45) is 0 Å². The second kappa shape index (κ2) is 9.05. The van der Waals surface area contributed by atoms with Crippen LogP contribution in [0.5, 0.6) is 0 Å². The topological polar surface area (TPSA) is 85.1 Å². The van der Waals surface area contributed by atoms with E-state index in [9.17, 15) is 14.4 Å². The number of carbonyl (C=O) groups is 2. The van der Waals surface area contributed by atoms with E-state index in [1.54, 1.807) is 9.13 Å². The number of carbonyl (C=O) groups excluding carboxylic acids is 2. The Balaban J connectivity index is 2.01. The number of hydrogen-bond donors (Lipinski definition) is 2. The third-order valence-electron chi connectivity index (χ3n) is 3.95. The van der Waals surface area contributed by atoms with Gasteiger partial charge in [0.2, 0.25) is 11.8 Å². The number of rotatable bonds is 9. The third-order valence-corrected chi connectivity index (χ3v) is 3.95. The number of hydrogen-bond acceptors (Lipinski definition) is 3. The van der Waals surface area contributed by atoms with Crippen LogP contribution in [0.4, 0.5) is 0 Å². The first kappa shape index (κ1) is 18.8. The van der Waals surface area contributed by atoms with Gasteiger partial charge in [0.15, 0.2) is 0 Å². The Morgan fingerprint density at radius 2 is 1.56 bits per heavy atom. The van der Waals surface area contributed by atoms with E-state index in [2.05, 4.69) is 10.6 Å². The van der Waals surface area contributed by atoms with Gasteiger partial charge in [0.25, 0.3) is 0 Å². The Morgan fingerprint density at radius 3 is 2.16 bits per heavy atom. The molecule has 0 saturated heterocycles. The summed E-state index contributed by atoms with van der Waals surface area (Å²) < 4.78 is 3.37. The summed E-state index contributed by atoms with van der Waals surface area (Å²) in [7, 11) is 0. The monoisotopic (exact) mass is 346 g/mol. The summed E-state index contributed by atoms with van der Waals surface area (Å²) in [5.41, 5.74) is 1.61. The SMILES string of the molecule is CCCNC(=O)CNC(=O)CCn1c(=O)n(CCC)c2ccccc21. The van der Waals surface area contributed by atoms with Gasteiger partial charge in [-0.25, -0.2) is 4.79 Å². The van der Waals surface area contributed by atoms with Crippen molar-refractivity contribution in [3.8, 4) is 0 Å². The van der Waals surface area contributed by atoms with E-state index in [1.165, 1.54) is 0 Å². The molecule has 0 fully saturated rings. The predicted molar refractivity (Wildman–Crippen MR) is 97.4 cm³/mol. The summed E-state index contributed by atoms with van der Waals surface area (Å²) in [6.45, 7) is 5.49. The number of fused-ring (bicyclic) bond motifs is 1. The third kappa shape index (κ3) is 4.71.